The summed E-state index contributed by atoms with van der Waals surface area (Å²) >= 11 is 0. The molecule has 3 amide bonds. The predicted molar refractivity (Wildman–Crippen MR) is 98.6 cm³/mol. The fourth-order valence-corrected chi connectivity index (χ4v) is 3.77. The van der Waals surface area contributed by atoms with Crippen LogP contribution in [0.3, 0.4) is 0 Å². The highest BCUT2D eigenvalue weighted by Crippen LogP contribution is 2.34. The van der Waals surface area contributed by atoms with Gasteiger partial charge in [-0.3, -0.25) is 9.59 Å². The zero-order valence-electron chi connectivity index (χ0n) is 16.5. The van der Waals surface area contributed by atoms with Crippen LogP contribution in [0.4, 0.5) is 4.79 Å². The van der Waals surface area contributed by atoms with Gasteiger partial charge in [-0.1, -0.05) is 33.6 Å². The standard InChI is InChI=1S/C19H33N3O4/c1-5-15(6-2)12-22-13-19(26-18(22)25)8-10-21(11-9-19)17(24)14(4)20-16(23)7-3/h14-15H,5-13H2,1-4H3,(H,20,23). The minimum Gasteiger partial charge on any atom is -0.441 e. The SMILES string of the molecule is CCC(=O)NC(C)C(=O)N1CCC2(CC1)CN(CC(CC)CC)C(=O)O2. The van der Waals surface area contributed by atoms with Gasteiger partial charge < -0.3 is 19.9 Å². The van der Waals surface area contributed by atoms with Crippen molar-refractivity contribution in [3.05, 3.63) is 0 Å². The highest BCUT2D eigenvalue weighted by atomic mass is 16.6. The maximum absolute atomic E-state index is 12.5. The Morgan fingerprint density at radius 2 is 1.81 bits per heavy atom. The van der Waals surface area contributed by atoms with Crippen molar-refractivity contribution in [1.29, 1.82) is 0 Å². The topological polar surface area (TPSA) is 79.0 Å². The second-order valence-corrected chi connectivity index (χ2v) is 7.58. The van der Waals surface area contributed by atoms with Gasteiger partial charge in [0.25, 0.3) is 0 Å². The molecule has 0 bridgehead atoms. The Morgan fingerprint density at radius 3 is 2.35 bits per heavy atom. The second kappa shape index (κ2) is 8.73. The molecule has 1 N–H and O–H groups in total. The molecule has 26 heavy (non-hydrogen) atoms. The van der Waals surface area contributed by atoms with Crippen LogP contribution in [0.5, 0.6) is 0 Å². The number of rotatable bonds is 7. The van der Waals surface area contributed by atoms with Crippen LogP contribution in [0, 0.1) is 5.92 Å². The van der Waals surface area contributed by atoms with E-state index in [2.05, 4.69) is 19.2 Å². The van der Waals surface area contributed by atoms with Crippen molar-refractivity contribution in [3.8, 4) is 0 Å². The molecule has 0 radical (unpaired) electrons. The van der Waals surface area contributed by atoms with E-state index < -0.39 is 11.6 Å². The molecule has 0 aliphatic carbocycles. The normalized spacial score (nSPS) is 20.4. The van der Waals surface area contributed by atoms with Gasteiger partial charge in [0.2, 0.25) is 11.8 Å². The highest BCUT2D eigenvalue weighted by molar-refractivity contribution is 5.87. The first-order chi connectivity index (χ1) is 12.3. The predicted octanol–water partition coefficient (Wildman–Crippen LogP) is 2.15. The summed E-state index contributed by atoms with van der Waals surface area (Å²) in [5.74, 6) is 0.309. The van der Waals surface area contributed by atoms with Crippen LogP contribution < -0.4 is 5.32 Å². The quantitative estimate of drug-likeness (QED) is 0.748. The molecule has 7 heteroatoms. The van der Waals surface area contributed by atoms with Crippen molar-refractivity contribution in [1.82, 2.24) is 15.1 Å². The third-order valence-corrected chi connectivity index (χ3v) is 5.73. The number of hydrogen-bond donors (Lipinski definition) is 1. The number of hydrogen-bond acceptors (Lipinski definition) is 4. The Morgan fingerprint density at radius 1 is 1.19 bits per heavy atom. The smallest absolute Gasteiger partial charge is 0.410 e. The van der Waals surface area contributed by atoms with Crippen molar-refractivity contribution < 1.29 is 19.1 Å². The molecule has 1 unspecified atom stereocenters. The summed E-state index contributed by atoms with van der Waals surface area (Å²) in [5.41, 5.74) is -0.462. The van der Waals surface area contributed by atoms with Crippen LogP contribution in [0.15, 0.2) is 0 Å². The van der Waals surface area contributed by atoms with Gasteiger partial charge in [-0.05, 0) is 12.8 Å². The Labute approximate surface area is 156 Å². The van der Waals surface area contributed by atoms with Gasteiger partial charge in [0.05, 0.1) is 6.54 Å². The zero-order valence-corrected chi connectivity index (χ0v) is 16.5. The number of carbonyl (C=O) groups excluding carboxylic acids is 3. The minimum absolute atomic E-state index is 0.0696. The van der Waals surface area contributed by atoms with E-state index in [9.17, 15) is 14.4 Å². The Kier molecular flexibility index (Phi) is 6.89. The van der Waals surface area contributed by atoms with Crippen molar-refractivity contribution in [3.63, 3.8) is 0 Å². The Balaban J connectivity index is 1.88. The van der Waals surface area contributed by atoms with Gasteiger partial charge in [-0.15, -0.1) is 0 Å². The number of piperidine rings is 1. The number of likely N-dealkylation sites (tertiary alicyclic amines) is 1. The van der Waals surface area contributed by atoms with E-state index in [1.165, 1.54) is 0 Å². The first kappa shape index (κ1) is 20.5. The molecule has 0 aromatic carbocycles. The summed E-state index contributed by atoms with van der Waals surface area (Å²) < 4.78 is 5.74. The first-order valence-corrected chi connectivity index (χ1v) is 9.90. The van der Waals surface area contributed by atoms with Crippen molar-refractivity contribution in [2.24, 2.45) is 5.92 Å². The Bertz CT molecular complexity index is 525. The van der Waals surface area contributed by atoms with Gasteiger partial charge in [0.15, 0.2) is 0 Å². The largest absolute Gasteiger partial charge is 0.441 e. The molecule has 1 atom stereocenters. The zero-order chi connectivity index (χ0) is 19.3. The van der Waals surface area contributed by atoms with E-state index in [-0.39, 0.29) is 17.9 Å². The van der Waals surface area contributed by atoms with Crippen molar-refractivity contribution in [2.45, 2.75) is 71.4 Å². The van der Waals surface area contributed by atoms with Crippen LogP contribution in [-0.4, -0.2) is 65.5 Å². The number of carbonyl (C=O) groups is 3. The lowest BCUT2D eigenvalue weighted by molar-refractivity contribution is -0.138. The molecule has 2 heterocycles. The van der Waals surface area contributed by atoms with E-state index in [0.29, 0.717) is 44.8 Å². The van der Waals surface area contributed by atoms with E-state index in [0.717, 1.165) is 19.4 Å². The van der Waals surface area contributed by atoms with Gasteiger partial charge in [0.1, 0.15) is 11.6 Å². The third-order valence-electron chi connectivity index (χ3n) is 5.73. The summed E-state index contributed by atoms with van der Waals surface area (Å²) in [6.45, 7) is 10.2. The van der Waals surface area contributed by atoms with Crippen LogP contribution in [0.1, 0.15) is 59.8 Å². The number of nitrogens with one attached hydrogen (secondary N) is 1. The lowest BCUT2D eigenvalue weighted by atomic mass is 9.90. The lowest BCUT2D eigenvalue weighted by Gasteiger charge is -2.38. The fraction of sp³-hybridized carbons (Fsp3) is 0.842. The maximum atomic E-state index is 12.5. The highest BCUT2D eigenvalue weighted by Gasteiger charge is 2.47. The Hall–Kier alpha value is -1.79. The fourth-order valence-electron chi connectivity index (χ4n) is 3.77. The third kappa shape index (κ3) is 4.68. The summed E-state index contributed by atoms with van der Waals surface area (Å²) in [6, 6.07) is -0.519. The number of nitrogens with zero attached hydrogens (tertiary/aromatic N) is 2. The molecule has 0 aromatic heterocycles. The molecule has 2 aliphatic heterocycles. The maximum Gasteiger partial charge on any atom is 0.410 e. The molecule has 2 saturated heterocycles. The van der Waals surface area contributed by atoms with Gasteiger partial charge in [0, 0.05) is 38.9 Å². The molecular formula is C19H33N3O4. The van der Waals surface area contributed by atoms with Gasteiger partial charge in [-0.2, -0.15) is 0 Å². The monoisotopic (exact) mass is 367 g/mol. The molecule has 2 rings (SSSR count). The molecule has 7 nitrogen and oxygen atoms in total. The second-order valence-electron chi connectivity index (χ2n) is 7.58. The lowest BCUT2D eigenvalue weighted by Crippen LogP contribution is -2.53. The molecule has 148 valence electrons. The molecule has 0 saturated carbocycles. The van der Waals surface area contributed by atoms with E-state index in [1.807, 2.05) is 4.90 Å². The first-order valence-electron chi connectivity index (χ1n) is 9.90. The van der Waals surface area contributed by atoms with Crippen molar-refractivity contribution >= 4 is 17.9 Å². The molecular weight excluding hydrogens is 334 g/mol. The molecule has 0 aromatic rings. The van der Waals surface area contributed by atoms with Crippen LogP contribution in [-0.2, 0) is 14.3 Å². The summed E-state index contributed by atoms with van der Waals surface area (Å²) in [7, 11) is 0. The minimum atomic E-state index is -0.519. The summed E-state index contributed by atoms with van der Waals surface area (Å²) in [6.07, 6.45) is 3.55. The van der Waals surface area contributed by atoms with Gasteiger partial charge in [-0.25, -0.2) is 4.79 Å². The molecule has 2 fully saturated rings. The molecule has 1 spiro atoms. The van der Waals surface area contributed by atoms with E-state index in [1.54, 1.807) is 18.7 Å². The number of amides is 3. The van der Waals surface area contributed by atoms with Gasteiger partial charge >= 0.3 is 6.09 Å². The van der Waals surface area contributed by atoms with Crippen molar-refractivity contribution in [2.75, 3.05) is 26.2 Å². The summed E-state index contributed by atoms with van der Waals surface area (Å²) in [4.78, 5) is 39.8. The summed E-state index contributed by atoms with van der Waals surface area (Å²) in [5, 5.41) is 2.71. The van der Waals surface area contributed by atoms with E-state index in [4.69, 9.17) is 4.74 Å². The average Bonchev–Trinajstić information content (AvgIpc) is 2.94. The number of ether oxygens (including phenoxy) is 1. The average molecular weight is 367 g/mol. The molecule has 2 aliphatic rings. The van der Waals surface area contributed by atoms with Crippen LogP contribution in [0.25, 0.3) is 0 Å². The van der Waals surface area contributed by atoms with Crippen LogP contribution in [0.2, 0.25) is 0 Å². The van der Waals surface area contributed by atoms with Crippen LogP contribution >= 0.6 is 0 Å². The van der Waals surface area contributed by atoms with E-state index >= 15 is 0 Å².